The summed E-state index contributed by atoms with van der Waals surface area (Å²) in [6.45, 7) is 10.6. The van der Waals surface area contributed by atoms with Crippen molar-refractivity contribution in [3.63, 3.8) is 0 Å². The lowest BCUT2D eigenvalue weighted by molar-refractivity contribution is -0.0117. The van der Waals surface area contributed by atoms with Gasteiger partial charge in [-0.1, -0.05) is 12.1 Å². The van der Waals surface area contributed by atoms with E-state index in [1.807, 2.05) is 45.0 Å². The van der Waals surface area contributed by atoms with E-state index in [1.165, 1.54) is 0 Å². The van der Waals surface area contributed by atoms with Crippen LogP contribution in [0.3, 0.4) is 0 Å². The maximum atomic E-state index is 15.3. The number of benzene rings is 2. The third-order valence-corrected chi connectivity index (χ3v) is 7.13. The van der Waals surface area contributed by atoms with E-state index in [-0.39, 0.29) is 17.9 Å². The SMILES string of the molecule is Cc1c(C#N)cccc1[C@@H](C)Nc1nnc(C)c2cc(F)c(N3CCN4CCOC[C@@H]4C3)cc12. The summed E-state index contributed by atoms with van der Waals surface area (Å²) in [6, 6.07) is 11.6. The van der Waals surface area contributed by atoms with Gasteiger partial charge < -0.3 is 15.0 Å². The Bertz CT molecular complexity index is 1270. The molecular formula is C26H29FN6O. The van der Waals surface area contributed by atoms with Gasteiger partial charge in [0.1, 0.15) is 5.82 Å². The zero-order valence-electron chi connectivity index (χ0n) is 19.8. The van der Waals surface area contributed by atoms with Gasteiger partial charge in [-0.25, -0.2) is 4.39 Å². The Morgan fingerprint density at radius 3 is 2.85 bits per heavy atom. The lowest BCUT2D eigenvalue weighted by Crippen LogP contribution is -2.58. The number of nitrogens with one attached hydrogen (secondary N) is 1. The molecule has 34 heavy (non-hydrogen) atoms. The summed E-state index contributed by atoms with van der Waals surface area (Å²) >= 11 is 0. The summed E-state index contributed by atoms with van der Waals surface area (Å²) in [5.41, 5.74) is 3.88. The second-order valence-corrected chi connectivity index (χ2v) is 9.19. The largest absolute Gasteiger partial charge is 0.378 e. The van der Waals surface area contributed by atoms with E-state index in [9.17, 15) is 5.26 Å². The average molecular weight is 461 g/mol. The van der Waals surface area contributed by atoms with Crippen LogP contribution in [0.1, 0.15) is 35.3 Å². The fourth-order valence-corrected chi connectivity index (χ4v) is 5.13. The molecule has 3 heterocycles. The third-order valence-electron chi connectivity index (χ3n) is 7.13. The molecule has 176 valence electrons. The summed E-state index contributed by atoms with van der Waals surface area (Å²) < 4.78 is 21.0. The molecule has 0 spiro atoms. The molecule has 2 atom stereocenters. The van der Waals surface area contributed by atoms with Crippen molar-refractivity contribution in [1.82, 2.24) is 15.1 Å². The van der Waals surface area contributed by atoms with Crippen molar-refractivity contribution in [2.24, 2.45) is 0 Å². The van der Waals surface area contributed by atoms with Crippen molar-refractivity contribution >= 4 is 22.3 Å². The lowest BCUT2D eigenvalue weighted by Gasteiger charge is -2.44. The van der Waals surface area contributed by atoms with Gasteiger partial charge in [0, 0.05) is 37.0 Å². The van der Waals surface area contributed by atoms with Crippen LogP contribution < -0.4 is 10.2 Å². The number of aryl methyl sites for hydroxylation is 1. The molecular weight excluding hydrogens is 431 g/mol. The number of aromatic nitrogens is 2. The highest BCUT2D eigenvalue weighted by Crippen LogP contribution is 2.34. The Balaban J connectivity index is 1.50. The van der Waals surface area contributed by atoms with Crippen LogP contribution >= 0.6 is 0 Å². The van der Waals surface area contributed by atoms with E-state index in [2.05, 4.69) is 31.4 Å². The van der Waals surface area contributed by atoms with E-state index < -0.39 is 0 Å². The quantitative estimate of drug-likeness (QED) is 0.632. The van der Waals surface area contributed by atoms with Crippen molar-refractivity contribution in [3.05, 3.63) is 58.5 Å². The zero-order valence-corrected chi connectivity index (χ0v) is 19.8. The Morgan fingerprint density at radius 2 is 2.03 bits per heavy atom. The highest BCUT2D eigenvalue weighted by atomic mass is 19.1. The first kappa shape index (κ1) is 22.5. The van der Waals surface area contributed by atoms with E-state index in [0.29, 0.717) is 29.4 Å². The molecule has 0 unspecified atom stereocenters. The molecule has 5 rings (SSSR count). The van der Waals surface area contributed by atoms with Crippen molar-refractivity contribution in [2.45, 2.75) is 32.9 Å². The van der Waals surface area contributed by atoms with E-state index in [4.69, 9.17) is 4.74 Å². The molecule has 2 aliphatic heterocycles. The number of hydrogen-bond donors (Lipinski definition) is 1. The van der Waals surface area contributed by atoms with Crippen LogP contribution in [0.5, 0.6) is 0 Å². The van der Waals surface area contributed by atoms with Gasteiger partial charge in [0.05, 0.1) is 48.3 Å². The molecule has 2 aliphatic rings. The van der Waals surface area contributed by atoms with E-state index >= 15 is 4.39 Å². The predicted molar refractivity (Wildman–Crippen MR) is 131 cm³/mol. The molecule has 2 fully saturated rings. The normalized spacial score (nSPS) is 19.5. The van der Waals surface area contributed by atoms with Gasteiger partial charge in [-0.05, 0) is 50.1 Å². The number of halogens is 1. The number of nitrogens with zero attached hydrogens (tertiary/aromatic N) is 5. The Hall–Kier alpha value is -3.28. The minimum absolute atomic E-state index is 0.107. The molecule has 2 aromatic carbocycles. The molecule has 0 saturated carbocycles. The van der Waals surface area contributed by atoms with Gasteiger partial charge >= 0.3 is 0 Å². The summed E-state index contributed by atoms with van der Waals surface area (Å²) in [7, 11) is 0. The zero-order chi connectivity index (χ0) is 23.8. The van der Waals surface area contributed by atoms with Crippen LogP contribution in [0.15, 0.2) is 30.3 Å². The van der Waals surface area contributed by atoms with E-state index in [1.54, 1.807) is 6.07 Å². The summed E-state index contributed by atoms with van der Waals surface area (Å²) in [5, 5.41) is 23.2. The first-order chi connectivity index (χ1) is 16.5. The van der Waals surface area contributed by atoms with Crippen molar-refractivity contribution in [1.29, 1.82) is 5.26 Å². The molecule has 7 nitrogen and oxygen atoms in total. The van der Waals surface area contributed by atoms with Crippen LogP contribution in [-0.4, -0.2) is 60.5 Å². The molecule has 2 saturated heterocycles. The van der Waals surface area contributed by atoms with Crippen LogP contribution in [0.2, 0.25) is 0 Å². The molecule has 3 aromatic rings. The van der Waals surface area contributed by atoms with Crippen LogP contribution in [0.25, 0.3) is 10.8 Å². The Kier molecular flexibility index (Phi) is 6.07. The molecule has 0 amide bonds. The Morgan fingerprint density at radius 1 is 1.18 bits per heavy atom. The number of ether oxygens (including phenoxy) is 1. The monoisotopic (exact) mass is 460 g/mol. The second-order valence-electron chi connectivity index (χ2n) is 9.19. The van der Waals surface area contributed by atoms with Crippen molar-refractivity contribution < 1.29 is 9.13 Å². The van der Waals surface area contributed by atoms with Gasteiger partial charge in [-0.2, -0.15) is 10.4 Å². The minimum Gasteiger partial charge on any atom is -0.378 e. The van der Waals surface area contributed by atoms with Gasteiger partial charge in [-0.3, -0.25) is 4.90 Å². The highest BCUT2D eigenvalue weighted by molar-refractivity contribution is 5.95. The van der Waals surface area contributed by atoms with Gasteiger partial charge in [0.25, 0.3) is 0 Å². The number of anilines is 2. The first-order valence-corrected chi connectivity index (χ1v) is 11.8. The molecule has 8 heteroatoms. The maximum Gasteiger partial charge on any atom is 0.157 e. The van der Waals surface area contributed by atoms with Crippen LogP contribution in [-0.2, 0) is 4.74 Å². The molecule has 0 aliphatic carbocycles. The first-order valence-electron chi connectivity index (χ1n) is 11.8. The highest BCUT2D eigenvalue weighted by Gasteiger charge is 2.31. The number of piperazine rings is 1. The fourth-order valence-electron chi connectivity index (χ4n) is 5.13. The van der Waals surface area contributed by atoms with Gasteiger partial charge in [0.2, 0.25) is 0 Å². The number of rotatable bonds is 4. The number of morpholine rings is 1. The third kappa shape index (κ3) is 4.06. The number of hydrogen-bond acceptors (Lipinski definition) is 7. The lowest BCUT2D eigenvalue weighted by atomic mass is 9.98. The van der Waals surface area contributed by atoms with Crippen molar-refractivity contribution in [3.8, 4) is 6.07 Å². The molecule has 0 bridgehead atoms. The minimum atomic E-state index is -0.245. The standard InChI is InChI=1S/C26H29FN6O/c1-16-19(13-28)5-4-6-21(16)17(2)29-26-23-12-25(24(27)11-22(23)18(3)30-31-26)33-8-7-32-9-10-34-15-20(32)14-33/h4-6,11-12,17,20H,7-10,14-15H2,1-3H3,(H,29,31)/t17-,20+/m1/s1. The average Bonchev–Trinajstić information content (AvgIpc) is 2.85. The fraction of sp³-hybridized carbons (Fsp3) is 0.423. The molecule has 1 N–H and O–H groups in total. The summed E-state index contributed by atoms with van der Waals surface area (Å²) in [6.07, 6.45) is 0. The summed E-state index contributed by atoms with van der Waals surface area (Å²) in [4.78, 5) is 4.55. The van der Waals surface area contributed by atoms with Crippen molar-refractivity contribution in [2.75, 3.05) is 49.6 Å². The van der Waals surface area contributed by atoms with Crippen LogP contribution in [0.4, 0.5) is 15.9 Å². The molecule has 0 radical (unpaired) electrons. The van der Waals surface area contributed by atoms with Gasteiger partial charge in [0.15, 0.2) is 5.82 Å². The van der Waals surface area contributed by atoms with Crippen LogP contribution in [0, 0.1) is 31.0 Å². The topological polar surface area (TPSA) is 77.3 Å². The predicted octanol–water partition coefficient (Wildman–Crippen LogP) is 3.95. The van der Waals surface area contributed by atoms with E-state index in [0.717, 1.165) is 54.7 Å². The molecule has 1 aromatic heterocycles. The summed E-state index contributed by atoms with van der Waals surface area (Å²) in [5.74, 6) is 0.362. The second kappa shape index (κ2) is 9.16. The smallest absolute Gasteiger partial charge is 0.157 e. The van der Waals surface area contributed by atoms with Gasteiger partial charge in [-0.15, -0.1) is 5.10 Å². The number of fused-ring (bicyclic) bond motifs is 2. The Labute approximate surface area is 199 Å². The number of nitriles is 1. The maximum absolute atomic E-state index is 15.3.